The fourth-order valence-electron chi connectivity index (χ4n) is 1.75. The van der Waals surface area contributed by atoms with Crippen molar-refractivity contribution >= 4 is 11.8 Å². The lowest BCUT2D eigenvalue weighted by molar-refractivity contribution is 0.414. The molecule has 2 aromatic rings. The van der Waals surface area contributed by atoms with Crippen molar-refractivity contribution in [2.75, 3.05) is 13.4 Å². The Bertz CT molecular complexity index is 525. The van der Waals surface area contributed by atoms with Crippen LogP contribution >= 0.6 is 11.8 Å². The van der Waals surface area contributed by atoms with E-state index < -0.39 is 0 Å². The molecule has 1 aromatic carbocycles. The maximum atomic E-state index is 5.28. The first kappa shape index (κ1) is 12.0. The van der Waals surface area contributed by atoms with Gasteiger partial charge in [0.05, 0.1) is 12.8 Å². The maximum absolute atomic E-state index is 5.28. The van der Waals surface area contributed by atoms with Gasteiger partial charge in [-0.3, -0.25) is 4.98 Å². The topological polar surface area (TPSA) is 22.1 Å². The predicted octanol–water partition coefficient (Wildman–Crippen LogP) is 3.79. The molecular formula is C14H15NOS. The Morgan fingerprint density at radius 3 is 2.65 bits per heavy atom. The number of ether oxygens (including phenoxy) is 1. The molecule has 0 saturated heterocycles. The monoisotopic (exact) mass is 245 g/mol. The molecule has 0 amide bonds. The summed E-state index contributed by atoms with van der Waals surface area (Å²) in [6.45, 7) is 1.98. The van der Waals surface area contributed by atoms with Gasteiger partial charge in [-0.15, -0.1) is 11.8 Å². The van der Waals surface area contributed by atoms with Crippen molar-refractivity contribution < 1.29 is 4.74 Å². The summed E-state index contributed by atoms with van der Waals surface area (Å²) in [4.78, 5) is 5.80. The van der Waals surface area contributed by atoms with Gasteiger partial charge in [-0.25, -0.2) is 0 Å². The minimum Gasteiger partial charge on any atom is -0.497 e. The fourth-order valence-corrected chi connectivity index (χ4v) is 2.36. The molecule has 0 aliphatic carbocycles. The minimum atomic E-state index is 0.850. The molecule has 0 saturated carbocycles. The number of hydrogen-bond donors (Lipinski definition) is 0. The summed E-state index contributed by atoms with van der Waals surface area (Å²) in [5, 5.41) is 0. The SMILES string of the molecule is COc1cc(C)nc(-c2ccccc2SC)c1. The van der Waals surface area contributed by atoms with E-state index in [9.17, 15) is 0 Å². The third-order valence-corrected chi connectivity index (χ3v) is 3.34. The molecule has 0 fully saturated rings. The molecule has 2 rings (SSSR count). The molecule has 0 aliphatic rings. The van der Waals surface area contributed by atoms with Crippen LogP contribution in [0.4, 0.5) is 0 Å². The predicted molar refractivity (Wildman–Crippen MR) is 72.7 cm³/mol. The lowest BCUT2D eigenvalue weighted by atomic mass is 10.1. The van der Waals surface area contributed by atoms with Crippen LogP contribution in [0.3, 0.4) is 0 Å². The van der Waals surface area contributed by atoms with E-state index in [1.165, 1.54) is 4.90 Å². The van der Waals surface area contributed by atoms with Crippen molar-refractivity contribution in [2.24, 2.45) is 0 Å². The van der Waals surface area contributed by atoms with E-state index in [-0.39, 0.29) is 0 Å². The molecule has 88 valence electrons. The Labute approximate surface area is 106 Å². The summed E-state index contributed by atoms with van der Waals surface area (Å²) in [6, 6.07) is 12.2. The van der Waals surface area contributed by atoms with E-state index in [1.807, 2.05) is 31.2 Å². The molecule has 0 spiro atoms. The fraction of sp³-hybridized carbons (Fsp3) is 0.214. The van der Waals surface area contributed by atoms with Crippen molar-refractivity contribution in [2.45, 2.75) is 11.8 Å². The first-order chi connectivity index (χ1) is 8.24. The Hall–Kier alpha value is -1.48. The van der Waals surface area contributed by atoms with Gasteiger partial charge >= 0.3 is 0 Å². The van der Waals surface area contributed by atoms with E-state index in [4.69, 9.17) is 4.74 Å². The Morgan fingerprint density at radius 1 is 1.18 bits per heavy atom. The van der Waals surface area contributed by atoms with Crippen molar-refractivity contribution in [1.29, 1.82) is 0 Å². The largest absolute Gasteiger partial charge is 0.497 e. The molecule has 0 atom stereocenters. The molecule has 0 N–H and O–H groups in total. The van der Waals surface area contributed by atoms with E-state index in [1.54, 1.807) is 18.9 Å². The molecule has 1 aromatic heterocycles. The zero-order valence-corrected chi connectivity index (χ0v) is 11.0. The minimum absolute atomic E-state index is 0.850. The molecule has 1 heterocycles. The van der Waals surface area contributed by atoms with Gasteiger partial charge in [-0.05, 0) is 19.2 Å². The lowest BCUT2D eigenvalue weighted by Gasteiger charge is -2.09. The van der Waals surface area contributed by atoms with Crippen molar-refractivity contribution in [3.8, 4) is 17.0 Å². The van der Waals surface area contributed by atoms with Crippen molar-refractivity contribution in [3.63, 3.8) is 0 Å². The third kappa shape index (κ3) is 2.61. The van der Waals surface area contributed by atoms with Crippen LogP contribution in [0.5, 0.6) is 5.75 Å². The van der Waals surface area contributed by atoms with Crippen LogP contribution in [0.15, 0.2) is 41.3 Å². The first-order valence-electron chi connectivity index (χ1n) is 5.40. The molecule has 2 nitrogen and oxygen atoms in total. The highest BCUT2D eigenvalue weighted by molar-refractivity contribution is 7.98. The number of aromatic nitrogens is 1. The third-order valence-electron chi connectivity index (χ3n) is 2.55. The number of methoxy groups -OCH3 is 1. The Morgan fingerprint density at radius 2 is 1.94 bits per heavy atom. The molecular weight excluding hydrogens is 230 g/mol. The van der Waals surface area contributed by atoms with E-state index in [0.29, 0.717) is 0 Å². The van der Waals surface area contributed by atoms with E-state index in [2.05, 4.69) is 23.4 Å². The zero-order valence-electron chi connectivity index (χ0n) is 10.2. The zero-order chi connectivity index (χ0) is 12.3. The second kappa shape index (κ2) is 5.23. The molecule has 17 heavy (non-hydrogen) atoms. The molecule has 0 bridgehead atoms. The number of thioether (sulfide) groups is 1. The van der Waals surface area contributed by atoms with Gasteiger partial charge in [0.2, 0.25) is 0 Å². The van der Waals surface area contributed by atoms with Gasteiger partial charge < -0.3 is 4.74 Å². The van der Waals surface area contributed by atoms with Gasteiger partial charge in [0.1, 0.15) is 5.75 Å². The summed E-state index contributed by atoms with van der Waals surface area (Å²) < 4.78 is 5.28. The van der Waals surface area contributed by atoms with Crippen molar-refractivity contribution in [3.05, 3.63) is 42.1 Å². The van der Waals surface area contributed by atoms with Gasteiger partial charge in [-0.2, -0.15) is 0 Å². The number of hydrogen-bond acceptors (Lipinski definition) is 3. The number of pyridine rings is 1. The van der Waals surface area contributed by atoms with Crippen LogP contribution in [-0.4, -0.2) is 18.3 Å². The van der Waals surface area contributed by atoms with Gasteiger partial charge in [0.15, 0.2) is 0 Å². The quantitative estimate of drug-likeness (QED) is 0.768. The van der Waals surface area contributed by atoms with E-state index in [0.717, 1.165) is 22.7 Å². The first-order valence-corrected chi connectivity index (χ1v) is 6.63. The number of aryl methyl sites for hydroxylation is 1. The normalized spacial score (nSPS) is 10.3. The summed E-state index contributed by atoms with van der Waals surface area (Å²) in [7, 11) is 1.68. The average molecular weight is 245 g/mol. The van der Waals surface area contributed by atoms with Crippen LogP contribution in [0, 0.1) is 6.92 Å². The molecule has 0 unspecified atom stereocenters. The maximum Gasteiger partial charge on any atom is 0.122 e. The summed E-state index contributed by atoms with van der Waals surface area (Å²) in [5.74, 6) is 0.850. The second-order valence-electron chi connectivity index (χ2n) is 3.73. The summed E-state index contributed by atoms with van der Waals surface area (Å²) >= 11 is 1.73. The summed E-state index contributed by atoms with van der Waals surface area (Å²) in [6.07, 6.45) is 2.08. The molecule has 0 aliphatic heterocycles. The smallest absolute Gasteiger partial charge is 0.122 e. The average Bonchev–Trinajstić information content (AvgIpc) is 2.37. The summed E-state index contributed by atoms with van der Waals surface area (Å²) in [5.41, 5.74) is 3.09. The van der Waals surface area contributed by atoms with Crippen LogP contribution in [0.25, 0.3) is 11.3 Å². The lowest BCUT2D eigenvalue weighted by Crippen LogP contribution is -1.92. The van der Waals surface area contributed by atoms with Gasteiger partial charge in [0.25, 0.3) is 0 Å². The number of nitrogens with zero attached hydrogens (tertiary/aromatic N) is 1. The standard InChI is InChI=1S/C14H15NOS/c1-10-8-11(16-2)9-13(15-10)12-6-4-5-7-14(12)17-3/h4-9H,1-3H3. The highest BCUT2D eigenvalue weighted by atomic mass is 32.2. The highest BCUT2D eigenvalue weighted by Crippen LogP contribution is 2.30. The molecule has 3 heteroatoms. The molecule has 0 radical (unpaired) electrons. The van der Waals surface area contributed by atoms with E-state index >= 15 is 0 Å². The Balaban J connectivity index is 2.55. The second-order valence-corrected chi connectivity index (χ2v) is 4.58. The Kier molecular flexibility index (Phi) is 3.69. The van der Waals surface area contributed by atoms with Gasteiger partial charge in [-0.1, -0.05) is 18.2 Å². The van der Waals surface area contributed by atoms with Gasteiger partial charge in [0, 0.05) is 28.3 Å². The number of rotatable bonds is 3. The number of benzene rings is 1. The van der Waals surface area contributed by atoms with Crippen LogP contribution in [0.1, 0.15) is 5.69 Å². The van der Waals surface area contributed by atoms with Crippen LogP contribution < -0.4 is 4.74 Å². The van der Waals surface area contributed by atoms with Crippen LogP contribution in [0.2, 0.25) is 0 Å². The van der Waals surface area contributed by atoms with Crippen LogP contribution in [-0.2, 0) is 0 Å². The highest BCUT2D eigenvalue weighted by Gasteiger charge is 2.07. The van der Waals surface area contributed by atoms with Crippen molar-refractivity contribution in [1.82, 2.24) is 4.98 Å².